The van der Waals surface area contributed by atoms with Crippen molar-refractivity contribution in [1.29, 1.82) is 0 Å². The number of likely N-dealkylation sites (tertiary alicyclic amines) is 2. The third-order valence-electron chi connectivity index (χ3n) is 11.1. The molecule has 1 atom stereocenters. The molecular formula is C41H48F2IN10O5+. The Morgan fingerprint density at radius 3 is 2.46 bits per heavy atom. The number of carboxylic acid groups (broad SMARTS) is 1. The summed E-state index contributed by atoms with van der Waals surface area (Å²) >= 11 is 0. The Kier molecular flexibility index (Phi) is 13.9. The zero-order chi connectivity index (χ0) is 40.8. The van der Waals surface area contributed by atoms with Gasteiger partial charge in [-0.2, -0.15) is 4.39 Å². The molecular weight excluding hydrogens is 877 g/mol. The van der Waals surface area contributed by atoms with E-state index in [4.69, 9.17) is 4.74 Å². The number of aromatic nitrogens is 5. The molecule has 0 aliphatic carbocycles. The fourth-order valence-electron chi connectivity index (χ4n) is 7.93. The predicted octanol–water partition coefficient (Wildman–Crippen LogP) is 6.27. The molecule has 59 heavy (non-hydrogen) atoms. The lowest BCUT2D eigenvalue weighted by Crippen LogP contribution is -2.54. The number of nitrogens with zero attached hydrogens (tertiary/aromatic N) is 7. The average molecular weight is 926 g/mol. The van der Waals surface area contributed by atoms with E-state index in [2.05, 4.69) is 42.9 Å². The van der Waals surface area contributed by atoms with E-state index in [0.717, 1.165) is 48.9 Å². The zero-order valence-electron chi connectivity index (χ0n) is 32.9. The van der Waals surface area contributed by atoms with Gasteiger partial charge in [0.1, 0.15) is 0 Å². The van der Waals surface area contributed by atoms with Gasteiger partial charge in [0, 0.05) is 92.5 Å². The van der Waals surface area contributed by atoms with Gasteiger partial charge in [0.2, 0.25) is 11.7 Å². The minimum atomic E-state index is -1.19. The number of halogens is 3. The standard InChI is InChI=1S/C41H46F2N10O5.HI/c1-3-27-22-29(50-36-37-49-23-32(52(37)19-17-44-36)31-8-9-33(35(43)34(31)42)58-40-47-15-5-16-48-40)6-7-30(27)39(55)46-14-4-13-45-38(54)28-11-20-53(2,21-12-28)25-26-10-18-51(24-26)41(56)57;/h5-9,15-17,19,22-23,26,28H,3-4,10-14,18,20-21,24-25H2,1-2H3,(H3-,44,45,46,50,54,55,56,57);1H/p+1. The van der Waals surface area contributed by atoms with Gasteiger partial charge in [0.05, 0.1) is 38.6 Å². The molecule has 2 fully saturated rings. The molecule has 7 rings (SSSR count). The summed E-state index contributed by atoms with van der Waals surface area (Å²) in [6.45, 7) is 6.72. The molecule has 312 valence electrons. The number of aryl methyl sites for hydroxylation is 1. The van der Waals surface area contributed by atoms with Crippen molar-refractivity contribution in [3.05, 3.63) is 90.1 Å². The molecule has 0 radical (unpaired) electrons. The van der Waals surface area contributed by atoms with E-state index in [1.165, 1.54) is 41.8 Å². The molecule has 2 aliphatic heterocycles. The second kappa shape index (κ2) is 19.0. The number of benzene rings is 2. The van der Waals surface area contributed by atoms with Gasteiger partial charge in [-0.25, -0.2) is 29.1 Å². The number of imidazole rings is 1. The third-order valence-corrected chi connectivity index (χ3v) is 11.1. The maximum Gasteiger partial charge on any atom is 0.407 e. The van der Waals surface area contributed by atoms with Gasteiger partial charge < -0.3 is 35.2 Å². The molecule has 5 heterocycles. The summed E-state index contributed by atoms with van der Waals surface area (Å²) in [7, 11) is 2.21. The smallest absolute Gasteiger partial charge is 0.407 e. The Morgan fingerprint density at radius 1 is 0.966 bits per heavy atom. The number of carbonyl (C=O) groups excluding carboxylic acids is 2. The Bertz CT molecular complexity index is 2290. The highest BCUT2D eigenvalue weighted by Crippen LogP contribution is 2.33. The molecule has 0 spiro atoms. The highest BCUT2D eigenvalue weighted by molar-refractivity contribution is 14.0. The molecule has 2 aromatic carbocycles. The number of hydrogen-bond acceptors (Lipinski definition) is 9. The summed E-state index contributed by atoms with van der Waals surface area (Å²) in [5.74, 6) is -2.15. The lowest BCUT2D eigenvalue weighted by molar-refractivity contribution is -0.917. The topological polar surface area (TPSA) is 176 Å². The number of nitrogens with one attached hydrogen (secondary N) is 3. The second-order valence-corrected chi connectivity index (χ2v) is 15.1. The fourth-order valence-corrected chi connectivity index (χ4v) is 7.93. The summed E-state index contributed by atoms with van der Waals surface area (Å²) in [6.07, 6.45) is 10.2. The van der Waals surface area contributed by atoms with E-state index in [-0.39, 0.29) is 59.0 Å². The molecule has 0 bridgehead atoms. The number of quaternary nitrogens is 1. The quantitative estimate of drug-likeness (QED) is 0.0564. The lowest BCUT2D eigenvalue weighted by Gasteiger charge is -2.41. The largest absolute Gasteiger partial charge is 0.465 e. The van der Waals surface area contributed by atoms with Gasteiger partial charge in [-0.1, -0.05) is 6.92 Å². The van der Waals surface area contributed by atoms with E-state index in [1.54, 1.807) is 28.8 Å². The van der Waals surface area contributed by atoms with Crippen molar-refractivity contribution in [2.24, 2.45) is 11.8 Å². The first-order valence-electron chi connectivity index (χ1n) is 19.5. The Hall–Kier alpha value is -5.50. The Labute approximate surface area is 357 Å². The first-order chi connectivity index (χ1) is 28.0. The van der Waals surface area contributed by atoms with Crippen LogP contribution in [0.4, 0.5) is 25.1 Å². The van der Waals surface area contributed by atoms with Crippen molar-refractivity contribution in [3.8, 4) is 23.0 Å². The summed E-state index contributed by atoms with van der Waals surface area (Å²) in [6, 6.07) is 9.52. The minimum absolute atomic E-state index is 0. The van der Waals surface area contributed by atoms with Crippen molar-refractivity contribution >= 4 is 59.0 Å². The summed E-state index contributed by atoms with van der Waals surface area (Å²) < 4.78 is 38.3. The third kappa shape index (κ3) is 10.0. The van der Waals surface area contributed by atoms with Crippen LogP contribution in [0.15, 0.2) is 67.4 Å². The maximum absolute atomic E-state index is 15.4. The van der Waals surface area contributed by atoms with E-state index in [9.17, 15) is 19.5 Å². The van der Waals surface area contributed by atoms with Gasteiger partial charge in [-0.05, 0) is 61.2 Å². The van der Waals surface area contributed by atoms with Crippen LogP contribution >= 0.6 is 24.0 Å². The van der Waals surface area contributed by atoms with Crippen molar-refractivity contribution < 1.29 is 37.5 Å². The van der Waals surface area contributed by atoms with Crippen LogP contribution in [0, 0.1) is 23.5 Å². The van der Waals surface area contributed by atoms with Crippen LogP contribution in [-0.2, 0) is 11.2 Å². The van der Waals surface area contributed by atoms with Gasteiger partial charge >= 0.3 is 12.1 Å². The molecule has 3 amide bonds. The number of hydrogen-bond donors (Lipinski definition) is 4. The van der Waals surface area contributed by atoms with E-state index in [1.807, 2.05) is 13.0 Å². The van der Waals surface area contributed by atoms with Gasteiger partial charge in [-0.15, -0.1) is 24.0 Å². The molecule has 18 heteroatoms. The maximum atomic E-state index is 15.4. The molecule has 1 unspecified atom stereocenters. The lowest BCUT2D eigenvalue weighted by atomic mass is 9.93. The van der Waals surface area contributed by atoms with Crippen molar-refractivity contribution in [3.63, 3.8) is 0 Å². The highest BCUT2D eigenvalue weighted by atomic mass is 127. The Morgan fingerprint density at radius 2 is 1.73 bits per heavy atom. The molecule has 15 nitrogen and oxygen atoms in total. The van der Waals surface area contributed by atoms with Crippen LogP contribution in [0.5, 0.6) is 11.8 Å². The second-order valence-electron chi connectivity index (χ2n) is 15.1. The van der Waals surface area contributed by atoms with Crippen LogP contribution < -0.4 is 20.7 Å². The summed E-state index contributed by atoms with van der Waals surface area (Å²) in [5.41, 5.74) is 2.64. The summed E-state index contributed by atoms with van der Waals surface area (Å²) in [4.78, 5) is 55.6. The molecule has 4 N–H and O–H groups in total. The number of piperidine rings is 1. The van der Waals surface area contributed by atoms with Crippen LogP contribution in [-0.4, -0.2) is 110 Å². The normalized spacial score (nSPS) is 18.9. The Balaban J connectivity index is 0.00000585. The molecule has 5 aromatic rings. The first-order valence-corrected chi connectivity index (χ1v) is 19.5. The zero-order valence-corrected chi connectivity index (χ0v) is 35.2. The predicted molar refractivity (Wildman–Crippen MR) is 226 cm³/mol. The first kappa shape index (κ1) is 43.1. The number of anilines is 2. The van der Waals surface area contributed by atoms with E-state index >= 15 is 8.78 Å². The molecule has 0 saturated carbocycles. The van der Waals surface area contributed by atoms with Crippen LogP contribution in [0.1, 0.15) is 48.5 Å². The average Bonchev–Trinajstić information content (AvgIpc) is 3.88. The number of carbonyl (C=O) groups is 3. The molecule has 2 aliphatic rings. The monoisotopic (exact) mass is 925 g/mol. The van der Waals surface area contributed by atoms with Crippen molar-refractivity contribution in [2.75, 3.05) is 58.2 Å². The summed E-state index contributed by atoms with van der Waals surface area (Å²) in [5, 5.41) is 18.5. The van der Waals surface area contributed by atoms with Crippen molar-refractivity contribution in [1.82, 2.24) is 39.9 Å². The van der Waals surface area contributed by atoms with Gasteiger partial charge in [0.25, 0.3) is 5.91 Å². The number of amides is 3. The number of ether oxygens (including phenoxy) is 1. The molecule has 3 aromatic heterocycles. The minimum Gasteiger partial charge on any atom is -0.465 e. The van der Waals surface area contributed by atoms with Crippen LogP contribution in [0.2, 0.25) is 0 Å². The van der Waals surface area contributed by atoms with E-state index < -0.39 is 17.7 Å². The van der Waals surface area contributed by atoms with Gasteiger partial charge in [0.15, 0.2) is 23.0 Å². The SMILES string of the molecule is CCc1cc(Nc2nccn3c(-c4ccc(Oc5ncccn5)c(F)c4F)cnc23)ccc1C(=O)NCCCNC(=O)C1CC[N+](C)(CC2CCN(C(=O)O)C2)CC1.I. The fraction of sp³-hybridized carbons (Fsp3) is 0.390. The van der Waals surface area contributed by atoms with E-state index in [0.29, 0.717) is 73.3 Å². The van der Waals surface area contributed by atoms with Gasteiger partial charge in [-0.3, -0.25) is 14.0 Å². The van der Waals surface area contributed by atoms with Crippen LogP contribution in [0.25, 0.3) is 16.9 Å². The highest BCUT2D eigenvalue weighted by Gasteiger charge is 2.37. The molecule has 2 saturated heterocycles. The number of fused-ring (bicyclic) bond motifs is 1. The van der Waals surface area contributed by atoms with Crippen molar-refractivity contribution in [2.45, 2.75) is 39.0 Å². The number of rotatable bonds is 14. The van der Waals surface area contributed by atoms with Crippen LogP contribution in [0.3, 0.4) is 0 Å².